The van der Waals surface area contributed by atoms with Gasteiger partial charge in [-0.05, 0) is 12.8 Å². The van der Waals surface area contributed by atoms with Crippen LogP contribution < -0.4 is 0 Å². The van der Waals surface area contributed by atoms with Crippen molar-refractivity contribution in [1.82, 2.24) is 0 Å². The van der Waals surface area contributed by atoms with Gasteiger partial charge >= 0.3 is 35.8 Å². The number of aliphatic hydroxyl groups is 4. The molecule has 35 heavy (non-hydrogen) atoms. The molecule has 1 aliphatic rings. The second-order valence-electron chi connectivity index (χ2n) is 7.52. The molecular formula is C16H19F13O6. The minimum Gasteiger partial charge on any atom is -0.394 e. The van der Waals surface area contributed by atoms with Crippen molar-refractivity contribution in [2.24, 2.45) is 0 Å². The maximum Gasteiger partial charge on any atom is 0.460 e. The van der Waals surface area contributed by atoms with Crippen LogP contribution in [0.15, 0.2) is 0 Å². The van der Waals surface area contributed by atoms with Crippen LogP contribution in [0, 0.1) is 0 Å². The molecule has 0 radical (unpaired) electrons. The molecule has 6 nitrogen and oxygen atoms in total. The van der Waals surface area contributed by atoms with Crippen molar-refractivity contribution >= 4 is 0 Å². The van der Waals surface area contributed by atoms with Crippen molar-refractivity contribution in [1.29, 1.82) is 0 Å². The first-order valence-corrected chi connectivity index (χ1v) is 9.39. The van der Waals surface area contributed by atoms with Gasteiger partial charge in [0, 0.05) is 13.0 Å². The molecule has 0 aromatic carbocycles. The molecule has 1 rings (SSSR count). The lowest BCUT2D eigenvalue weighted by molar-refractivity contribution is -0.440. The predicted octanol–water partition coefficient (Wildman–Crippen LogP) is 2.71. The fourth-order valence-corrected chi connectivity index (χ4v) is 2.81. The number of aliphatic hydroxyl groups excluding tert-OH is 4. The highest BCUT2D eigenvalue weighted by Crippen LogP contribution is 2.60. The highest BCUT2D eigenvalue weighted by molar-refractivity contribution is 5.10. The van der Waals surface area contributed by atoms with Gasteiger partial charge in [0.1, 0.15) is 24.4 Å². The molecule has 0 saturated carbocycles. The second kappa shape index (κ2) is 10.3. The number of unbranched alkanes of at least 4 members (excludes halogenated alkanes) is 1. The van der Waals surface area contributed by atoms with Crippen LogP contribution in [0.25, 0.3) is 0 Å². The van der Waals surface area contributed by atoms with Crippen LogP contribution >= 0.6 is 0 Å². The molecular weight excluding hydrogens is 535 g/mol. The van der Waals surface area contributed by atoms with Gasteiger partial charge in [-0.3, -0.25) is 0 Å². The molecule has 5 atom stereocenters. The van der Waals surface area contributed by atoms with Gasteiger partial charge in [-0.2, -0.15) is 57.1 Å². The van der Waals surface area contributed by atoms with Crippen LogP contribution in [0.1, 0.15) is 19.3 Å². The van der Waals surface area contributed by atoms with Crippen molar-refractivity contribution in [2.45, 2.75) is 85.8 Å². The molecule has 1 aliphatic heterocycles. The van der Waals surface area contributed by atoms with Crippen LogP contribution in [0.4, 0.5) is 57.1 Å². The van der Waals surface area contributed by atoms with Crippen molar-refractivity contribution in [3.8, 4) is 0 Å². The van der Waals surface area contributed by atoms with E-state index in [2.05, 4.69) is 0 Å². The van der Waals surface area contributed by atoms with Crippen LogP contribution in [0.3, 0.4) is 0 Å². The molecule has 0 aromatic heterocycles. The molecule has 0 bridgehead atoms. The molecule has 4 N–H and O–H groups in total. The molecule has 0 spiro atoms. The number of ether oxygens (including phenoxy) is 2. The standard InChI is InChI=1S/C16H19F13O6/c17-11(18,12(19,20)13(21,22)14(23,24)15(25,26)16(27,28)29)3-1-2-4-34-10-9(33)8(32)7(31)6(5-30)35-10/h6-10,30-33H,1-5H2/t6-,7-,8+,9-,10-/m1/s1. The van der Waals surface area contributed by atoms with Crippen molar-refractivity contribution in [3.63, 3.8) is 0 Å². The van der Waals surface area contributed by atoms with E-state index in [1.165, 1.54) is 0 Å². The Labute approximate surface area is 187 Å². The lowest BCUT2D eigenvalue weighted by Gasteiger charge is -2.40. The first-order chi connectivity index (χ1) is 15.5. The summed E-state index contributed by atoms with van der Waals surface area (Å²) in [6.07, 6.45) is -20.9. The third-order valence-corrected chi connectivity index (χ3v) is 5.01. The van der Waals surface area contributed by atoms with Crippen molar-refractivity contribution in [2.75, 3.05) is 13.2 Å². The number of halogens is 13. The van der Waals surface area contributed by atoms with Crippen LogP contribution in [0.2, 0.25) is 0 Å². The van der Waals surface area contributed by atoms with Crippen LogP contribution in [0.5, 0.6) is 0 Å². The first kappa shape index (κ1) is 31.9. The maximum absolute atomic E-state index is 13.7. The minimum atomic E-state index is -7.96. The minimum absolute atomic E-state index is 0.790. The monoisotopic (exact) mass is 554 g/mol. The average molecular weight is 554 g/mol. The molecule has 1 heterocycles. The predicted molar refractivity (Wildman–Crippen MR) is 84.4 cm³/mol. The summed E-state index contributed by atoms with van der Waals surface area (Å²) in [5.41, 5.74) is 0. The summed E-state index contributed by atoms with van der Waals surface area (Å²) in [5, 5.41) is 37.7. The maximum atomic E-state index is 13.7. The number of hydrogen-bond acceptors (Lipinski definition) is 6. The molecule has 19 heteroatoms. The fourth-order valence-electron chi connectivity index (χ4n) is 2.81. The Morgan fingerprint density at radius 2 is 1.11 bits per heavy atom. The van der Waals surface area contributed by atoms with Gasteiger partial charge in [-0.1, -0.05) is 0 Å². The van der Waals surface area contributed by atoms with Crippen LogP contribution in [-0.4, -0.2) is 100 Å². The average Bonchev–Trinajstić information content (AvgIpc) is 2.71. The van der Waals surface area contributed by atoms with E-state index >= 15 is 0 Å². The molecule has 1 saturated heterocycles. The van der Waals surface area contributed by atoms with Gasteiger partial charge in [-0.15, -0.1) is 0 Å². The third-order valence-electron chi connectivity index (χ3n) is 5.01. The molecule has 1 fully saturated rings. The molecule has 0 aromatic rings. The van der Waals surface area contributed by atoms with E-state index in [9.17, 15) is 72.4 Å². The van der Waals surface area contributed by atoms with Gasteiger partial charge in [0.15, 0.2) is 6.29 Å². The Bertz CT molecular complexity index is 700. The number of hydrogen-bond donors (Lipinski definition) is 4. The van der Waals surface area contributed by atoms with Gasteiger partial charge in [0.2, 0.25) is 0 Å². The largest absolute Gasteiger partial charge is 0.460 e. The Hall–Kier alpha value is -1.15. The smallest absolute Gasteiger partial charge is 0.394 e. The number of alkyl halides is 13. The first-order valence-electron chi connectivity index (χ1n) is 9.39. The second-order valence-corrected chi connectivity index (χ2v) is 7.52. The third kappa shape index (κ3) is 5.58. The summed E-state index contributed by atoms with van der Waals surface area (Å²) >= 11 is 0. The zero-order chi connectivity index (χ0) is 27.8. The zero-order valence-corrected chi connectivity index (χ0v) is 16.9. The zero-order valence-electron chi connectivity index (χ0n) is 16.9. The van der Waals surface area contributed by atoms with E-state index in [-0.39, 0.29) is 0 Å². The molecule has 0 amide bonds. The lowest BCUT2D eigenvalue weighted by atomic mass is 9.92. The topological polar surface area (TPSA) is 99.4 Å². The quantitative estimate of drug-likeness (QED) is 0.232. The Kier molecular flexibility index (Phi) is 9.39. The summed E-state index contributed by atoms with van der Waals surface area (Å²) in [4.78, 5) is 0. The van der Waals surface area contributed by atoms with E-state index in [0.29, 0.717) is 0 Å². The Balaban J connectivity index is 2.82. The summed E-state index contributed by atoms with van der Waals surface area (Å²) < 4.78 is 179. The van der Waals surface area contributed by atoms with E-state index in [0.717, 1.165) is 0 Å². The highest BCUT2D eigenvalue weighted by atomic mass is 19.4. The van der Waals surface area contributed by atoms with Crippen LogP contribution in [-0.2, 0) is 9.47 Å². The van der Waals surface area contributed by atoms with Gasteiger partial charge in [0.25, 0.3) is 0 Å². The summed E-state index contributed by atoms with van der Waals surface area (Å²) in [6.45, 7) is -1.71. The van der Waals surface area contributed by atoms with E-state index in [1.54, 1.807) is 0 Å². The Morgan fingerprint density at radius 3 is 1.57 bits per heavy atom. The molecule has 210 valence electrons. The lowest BCUT2D eigenvalue weighted by Crippen LogP contribution is -2.70. The van der Waals surface area contributed by atoms with Gasteiger partial charge in [0.05, 0.1) is 6.61 Å². The molecule has 0 unspecified atom stereocenters. The van der Waals surface area contributed by atoms with Gasteiger partial charge in [-0.25, -0.2) is 0 Å². The van der Waals surface area contributed by atoms with Crippen molar-refractivity contribution in [3.05, 3.63) is 0 Å². The SMILES string of the molecule is OC[C@H]1O[C@@H](OCCCCC(F)(F)C(F)(F)C(F)(F)C(F)(F)C(F)(F)C(F)(F)F)[C@H](O)[C@@H](O)[C@@H]1O. The number of rotatable bonds is 11. The fraction of sp³-hybridized carbons (Fsp3) is 1.00. The van der Waals surface area contributed by atoms with Crippen molar-refractivity contribution < 1.29 is 87.0 Å². The summed E-state index contributed by atoms with van der Waals surface area (Å²) in [6, 6.07) is 0. The molecule has 0 aliphatic carbocycles. The highest BCUT2D eigenvalue weighted by Gasteiger charge is 2.90. The summed E-state index contributed by atoms with van der Waals surface area (Å²) in [5.74, 6) is -37.2. The van der Waals surface area contributed by atoms with Gasteiger partial charge < -0.3 is 29.9 Å². The van der Waals surface area contributed by atoms with E-state index in [4.69, 9.17) is 14.6 Å². The summed E-state index contributed by atoms with van der Waals surface area (Å²) in [7, 11) is 0. The normalized spacial score (nSPS) is 27.9. The van der Waals surface area contributed by atoms with E-state index < -0.39 is 99.0 Å². The van der Waals surface area contributed by atoms with E-state index in [1.807, 2.05) is 0 Å². The Morgan fingerprint density at radius 1 is 0.629 bits per heavy atom.